The van der Waals surface area contributed by atoms with E-state index in [0.717, 1.165) is 32.0 Å². The van der Waals surface area contributed by atoms with Gasteiger partial charge in [-0.05, 0) is 52.9 Å². The molecule has 1 aliphatic heterocycles. The number of hydrogen-bond acceptors (Lipinski definition) is 4. The van der Waals surface area contributed by atoms with Crippen molar-refractivity contribution in [3.8, 4) is 6.07 Å². The first-order chi connectivity index (χ1) is 8.49. The van der Waals surface area contributed by atoms with Crippen molar-refractivity contribution in [3.05, 3.63) is 0 Å². The summed E-state index contributed by atoms with van der Waals surface area (Å²) in [4.78, 5) is 4.69. The second-order valence-corrected chi connectivity index (χ2v) is 5.98. The van der Waals surface area contributed by atoms with Crippen molar-refractivity contribution in [2.75, 3.05) is 46.8 Å². The van der Waals surface area contributed by atoms with Gasteiger partial charge in [0.25, 0.3) is 0 Å². The van der Waals surface area contributed by atoms with Gasteiger partial charge in [0, 0.05) is 19.6 Å². The molecule has 1 rings (SSSR count). The lowest BCUT2D eigenvalue weighted by molar-refractivity contribution is 0.227. The Morgan fingerprint density at radius 3 is 2.78 bits per heavy atom. The van der Waals surface area contributed by atoms with Crippen LogP contribution in [0.25, 0.3) is 0 Å². The molecule has 4 heteroatoms. The van der Waals surface area contributed by atoms with Gasteiger partial charge in [-0.25, -0.2) is 0 Å². The van der Waals surface area contributed by atoms with Crippen LogP contribution >= 0.6 is 0 Å². The molecule has 4 nitrogen and oxygen atoms in total. The Kier molecular flexibility index (Phi) is 6.07. The maximum Gasteiger partial charge on any atom is 0.116 e. The molecule has 0 radical (unpaired) electrons. The summed E-state index contributed by atoms with van der Waals surface area (Å²) in [5.74, 6) is 0.758. The summed E-state index contributed by atoms with van der Waals surface area (Å²) in [5.41, 5.74) is -0.421. The average molecular weight is 252 g/mol. The zero-order valence-corrected chi connectivity index (χ0v) is 12.4. The highest BCUT2D eigenvalue weighted by Crippen LogP contribution is 2.16. The van der Waals surface area contributed by atoms with Crippen LogP contribution in [-0.4, -0.2) is 62.2 Å². The first-order valence-electron chi connectivity index (χ1n) is 7.02. The molecule has 1 heterocycles. The summed E-state index contributed by atoms with van der Waals surface area (Å²) in [6.07, 6.45) is 2.35. The molecular weight excluding hydrogens is 224 g/mol. The minimum absolute atomic E-state index is 0.421. The van der Waals surface area contributed by atoms with Crippen molar-refractivity contribution in [1.82, 2.24) is 15.1 Å². The van der Waals surface area contributed by atoms with E-state index >= 15 is 0 Å². The third-order valence-electron chi connectivity index (χ3n) is 3.66. The Morgan fingerprint density at radius 2 is 2.28 bits per heavy atom. The van der Waals surface area contributed by atoms with E-state index in [-0.39, 0.29) is 0 Å². The standard InChI is InChI=1S/C14H28N4/c1-5-7-16-14(2,11-15)12-18(4)10-13-6-8-17(3)9-13/h13,16H,5-10,12H2,1-4H3. The Morgan fingerprint density at radius 1 is 1.56 bits per heavy atom. The van der Waals surface area contributed by atoms with E-state index < -0.39 is 5.54 Å². The Bertz CT molecular complexity index is 286. The highest BCUT2D eigenvalue weighted by Gasteiger charge is 2.27. The van der Waals surface area contributed by atoms with Crippen LogP contribution in [0.1, 0.15) is 26.7 Å². The van der Waals surface area contributed by atoms with E-state index in [1.165, 1.54) is 19.5 Å². The fourth-order valence-corrected chi connectivity index (χ4v) is 2.75. The molecule has 0 bridgehead atoms. The Labute approximate surface area is 112 Å². The number of rotatable bonds is 7. The molecule has 1 fully saturated rings. The summed E-state index contributed by atoms with van der Waals surface area (Å²) >= 11 is 0. The maximum atomic E-state index is 9.32. The molecule has 1 N–H and O–H groups in total. The van der Waals surface area contributed by atoms with Crippen molar-refractivity contribution in [3.63, 3.8) is 0 Å². The van der Waals surface area contributed by atoms with Crippen LogP contribution in [0.2, 0.25) is 0 Å². The van der Waals surface area contributed by atoms with Gasteiger partial charge in [-0.2, -0.15) is 5.26 Å². The van der Waals surface area contributed by atoms with Crippen molar-refractivity contribution < 1.29 is 0 Å². The van der Waals surface area contributed by atoms with Crippen LogP contribution in [-0.2, 0) is 0 Å². The van der Waals surface area contributed by atoms with E-state index in [4.69, 9.17) is 0 Å². The topological polar surface area (TPSA) is 42.3 Å². The summed E-state index contributed by atoms with van der Waals surface area (Å²) in [6.45, 7) is 9.32. The van der Waals surface area contributed by atoms with Crippen LogP contribution < -0.4 is 5.32 Å². The lowest BCUT2D eigenvalue weighted by atomic mass is 10.0. The van der Waals surface area contributed by atoms with Crippen LogP contribution in [0.4, 0.5) is 0 Å². The van der Waals surface area contributed by atoms with Gasteiger partial charge in [-0.15, -0.1) is 0 Å². The number of nitrogens with one attached hydrogen (secondary N) is 1. The molecule has 0 spiro atoms. The van der Waals surface area contributed by atoms with Crippen LogP contribution in [0.5, 0.6) is 0 Å². The van der Waals surface area contributed by atoms with Gasteiger partial charge in [-0.3, -0.25) is 5.32 Å². The second kappa shape index (κ2) is 7.08. The number of nitriles is 1. The third-order valence-corrected chi connectivity index (χ3v) is 3.66. The molecule has 1 aliphatic rings. The van der Waals surface area contributed by atoms with Gasteiger partial charge < -0.3 is 9.80 Å². The van der Waals surface area contributed by atoms with Crippen molar-refractivity contribution >= 4 is 0 Å². The van der Waals surface area contributed by atoms with Gasteiger partial charge in [0.15, 0.2) is 0 Å². The molecule has 0 saturated carbocycles. The van der Waals surface area contributed by atoms with Gasteiger partial charge in [0.1, 0.15) is 5.54 Å². The first kappa shape index (κ1) is 15.4. The van der Waals surface area contributed by atoms with E-state index in [1.807, 2.05) is 6.92 Å². The summed E-state index contributed by atoms with van der Waals surface area (Å²) in [5, 5.41) is 12.7. The molecule has 0 amide bonds. The lowest BCUT2D eigenvalue weighted by Gasteiger charge is -2.30. The zero-order valence-electron chi connectivity index (χ0n) is 12.4. The predicted octanol–water partition coefficient (Wildman–Crippen LogP) is 1.15. The highest BCUT2D eigenvalue weighted by atomic mass is 15.2. The number of likely N-dealkylation sites (tertiary alicyclic amines) is 1. The predicted molar refractivity (Wildman–Crippen MR) is 75.4 cm³/mol. The molecule has 0 aromatic carbocycles. The van der Waals surface area contributed by atoms with Crippen molar-refractivity contribution in [2.24, 2.45) is 5.92 Å². The minimum Gasteiger partial charge on any atom is -0.306 e. The largest absolute Gasteiger partial charge is 0.306 e. The monoisotopic (exact) mass is 252 g/mol. The van der Waals surface area contributed by atoms with E-state index in [1.54, 1.807) is 0 Å². The molecule has 0 aromatic heterocycles. The molecule has 104 valence electrons. The summed E-state index contributed by atoms with van der Waals surface area (Å²) < 4.78 is 0. The normalized spacial score (nSPS) is 24.1. The molecule has 0 aromatic rings. The van der Waals surface area contributed by atoms with Gasteiger partial charge in [-0.1, -0.05) is 6.92 Å². The zero-order chi connectivity index (χ0) is 13.6. The Hall–Kier alpha value is -0.630. The molecule has 2 atom stereocenters. The van der Waals surface area contributed by atoms with Gasteiger partial charge in [0.2, 0.25) is 0 Å². The summed E-state index contributed by atoms with van der Waals surface area (Å²) in [6, 6.07) is 2.41. The quantitative estimate of drug-likeness (QED) is 0.738. The first-order valence-corrected chi connectivity index (χ1v) is 7.02. The lowest BCUT2D eigenvalue weighted by Crippen LogP contribution is -2.50. The van der Waals surface area contributed by atoms with Gasteiger partial charge in [0.05, 0.1) is 6.07 Å². The number of nitrogens with zero attached hydrogens (tertiary/aromatic N) is 3. The maximum absolute atomic E-state index is 9.32. The number of hydrogen-bond donors (Lipinski definition) is 1. The fraction of sp³-hybridized carbons (Fsp3) is 0.929. The van der Waals surface area contributed by atoms with Crippen LogP contribution in [0, 0.1) is 17.2 Å². The van der Waals surface area contributed by atoms with E-state index in [0.29, 0.717) is 0 Å². The molecular formula is C14H28N4. The fourth-order valence-electron chi connectivity index (χ4n) is 2.75. The minimum atomic E-state index is -0.421. The van der Waals surface area contributed by atoms with E-state index in [2.05, 4.69) is 42.2 Å². The van der Waals surface area contributed by atoms with Crippen molar-refractivity contribution in [1.29, 1.82) is 5.26 Å². The molecule has 18 heavy (non-hydrogen) atoms. The van der Waals surface area contributed by atoms with Crippen molar-refractivity contribution in [2.45, 2.75) is 32.2 Å². The number of likely N-dealkylation sites (N-methyl/N-ethyl adjacent to an activating group) is 1. The Balaban J connectivity index is 2.37. The third kappa shape index (κ3) is 4.93. The molecule has 1 saturated heterocycles. The SMILES string of the molecule is CCCNC(C)(C#N)CN(C)CC1CCN(C)C1. The van der Waals surface area contributed by atoms with E-state index in [9.17, 15) is 5.26 Å². The van der Waals surface area contributed by atoms with Gasteiger partial charge >= 0.3 is 0 Å². The van der Waals surface area contributed by atoms with Crippen LogP contribution in [0.15, 0.2) is 0 Å². The second-order valence-electron chi connectivity index (χ2n) is 5.98. The smallest absolute Gasteiger partial charge is 0.116 e. The molecule has 2 unspecified atom stereocenters. The summed E-state index contributed by atoms with van der Waals surface area (Å²) in [7, 11) is 4.31. The average Bonchev–Trinajstić information content (AvgIpc) is 2.72. The van der Waals surface area contributed by atoms with Crippen LogP contribution in [0.3, 0.4) is 0 Å². The molecule has 0 aliphatic carbocycles. The highest BCUT2D eigenvalue weighted by molar-refractivity contribution is 5.05.